The number of carbonyl (C=O) groups is 1. The number of hydrogen-bond acceptors (Lipinski definition) is 4. The minimum atomic E-state index is -0.0978. The van der Waals surface area contributed by atoms with Crippen molar-refractivity contribution in [3.05, 3.63) is 0 Å². The quantitative estimate of drug-likeness (QED) is 0.866. The van der Waals surface area contributed by atoms with Crippen molar-refractivity contribution < 1.29 is 9.53 Å². The summed E-state index contributed by atoms with van der Waals surface area (Å²) in [5.41, 5.74) is 0.172. The van der Waals surface area contributed by atoms with Gasteiger partial charge in [0.1, 0.15) is 6.10 Å². The molecule has 0 aromatic heterocycles. The van der Waals surface area contributed by atoms with Gasteiger partial charge in [-0.25, -0.2) is 4.79 Å². The van der Waals surface area contributed by atoms with Crippen LogP contribution in [0.3, 0.4) is 0 Å². The van der Waals surface area contributed by atoms with E-state index in [1.54, 1.807) is 0 Å². The predicted molar refractivity (Wildman–Crippen MR) is 89.1 cm³/mol. The molecule has 0 aromatic rings. The number of hydrogen-bond donors (Lipinski definition) is 1. The van der Waals surface area contributed by atoms with E-state index < -0.39 is 0 Å². The van der Waals surface area contributed by atoms with Gasteiger partial charge in [-0.1, -0.05) is 6.42 Å². The van der Waals surface area contributed by atoms with E-state index in [-0.39, 0.29) is 17.7 Å². The molecule has 0 unspecified atom stereocenters. The summed E-state index contributed by atoms with van der Waals surface area (Å²) in [6, 6.07) is 0. The van der Waals surface area contributed by atoms with E-state index in [0.717, 1.165) is 52.1 Å². The fraction of sp³-hybridized carbons (Fsp3) is 0.941. The SMILES string of the molecule is CC(C)(C)NCCN1CCN(C(=O)OC2CCCCC2)CC1. The van der Waals surface area contributed by atoms with E-state index in [0.29, 0.717) is 0 Å². The van der Waals surface area contributed by atoms with Gasteiger partial charge >= 0.3 is 6.09 Å². The van der Waals surface area contributed by atoms with Crippen LogP contribution in [-0.2, 0) is 4.74 Å². The molecule has 5 heteroatoms. The third kappa shape index (κ3) is 6.13. The molecule has 2 fully saturated rings. The Balaban J connectivity index is 1.62. The molecule has 1 amide bonds. The highest BCUT2D eigenvalue weighted by atomic mass is 16.6. The summed E-state index contributed by atoms with van der Waals surface area (Å²) in [5.74, 6) is 0. The molecule has 1 heterocycles. The minimum Gasteiger partial charge on any atom is -0.446 e. The lowest BCUT2D eigenvalue weighted by Crippen LogP contribution is -2.51. The fourth-order valence-electron chi connectivity index (χ4n) is 3.14. The van der Waals surface area contributed by atoms with Crippen LogP contribution < -0.4 is 5.32 Å². The number of nitrogens with one attached hydrogen (secondary N) is 1. The van der Waals surface area contributed by atoms with Gasteiger partial charge in [0.25, 0.3) is 0 Å². The first-order valence-corrected chi connectivity index (χ1v) is 8.87. The number of ether oxygens (including phenoxy) is 1. The molecule has 0 bridgehead atoms. The van der Waals surface area contributed by atoms with Crippen molar-refractivity contribution in [2.24, 2.45) is 0 Å². The molecule has 128 valence electrons. The molecule has 1 saturated carbocycles. The van der Waals surface area contributed by atoms with Crippen LogP contribution in [0.5, 0.6) is 0 Å². The summed E-state index contributed by atoms with van der Waals surface area (Å²) in [7, 11) is 0. The van der Waals surface area contributed by atoms with E-state index in [9.17, 15) is 4.79 Å². The summed E-state index contributed by atoms with van der Waals surface area (Å²) >= 11 is 0. The van der Waals surface area contributed by atoms with Crippen molar-refractivity contribution in [2.75, 3.05) is 39.3 Å². The maximum atomic E-state index is 12.2. The zero-order chi connectivity index (χ0) is 16.0. The van der Waals surface area contributed by atoms with Gasteiger partial charge in [-0.05, 0) is 46.5 Å². The third-order valence-electron chi connectivity index (χ3n) is 4.53. The van der Waals surface area contributed by atoms with Crippen LogP contribution in [-0.4, -0.2) is 66.8 Å². The summed E-state index contributed by atoms with van der Waals surface area (Å²) in [6.45, 7) is 12.1. The van der Waals surface area contributed by atoms with Gasteiger partial charge in [0, 0.05) is 44.8 Å². The van der Waals surface area contributed by atoms with Crippen LogP contribution in [0.2, 0.25) is 0 Å². The molecule has 2 rings (SSSR count). The van der Waals surface area contributed by atoms with Gasteiger partial charge in [0.15, 0.2) is 0 Å². The Morgan fingerprint density at radius 2 is 1.73 bits per heavy atom. The summed E-state index contributed by atoms with van der Waals surface area (Å²) in [6.07, 6.45) is 5.84. The Labute approximate surface area is 135 Å². The molecule has 22 heavy (non-hydrogen) atoms. The second-order valence-electron chi connectivity index (χ2n) is 7.65. The smallest absolute Gasteiger partial charge is 0.410 e. The lowest BCUT2D eigenvalue weighted by Gasteiger charge is -2.35. The number of nitrogens with zero attached hydrogens (tertiary/aromatic N) is 2. The highest BCUT2D eigenvalue weighted by Gasteiger charge is 2.25. The second-order valence-corrected chi connectivity index (χ2v) is 7.65. The van der Waals surface area contributed by atoms with Gasteiger partial charge in [-0.2, -0.15) is 0 Å². The Hall–Kier alpha value is -0.810. The zero-order valence-corrected chi connectivity index (χ0v) is 14.6. The minimum absolute atomic E-state index is 0.0978. The van der Waals surface area contributed by atoms with Crippen molar-refractivity contribution in [2.45, 2.75) is 64.5 Å². The summed E-state index contributed by atoms with van der Waals surface area (Å²) in [4.78, 5) is 16.5. The van der Waals surface area contributed by atoms with Crippen LogP contribution in [0, 0.1) is 0 Å². The molecule has 2 aliphatic rings. The van der Waals surface area contributed by atoms with E-state index in [4.69, 9.17) is 4.74 Å². The molecule has 1 aliphatic heterocycles. The molecule has 0 spiro atoms. The number of piperazine rings is 1. The molecule has 0 radical (unpaired) electrons. The van der Waals surface area contributed by atoms with Crippen molar-refractivity contribution in [1.29, 1.82) is 0 Å². The van der Waals surface area contributed by atoms with Gasteiger partial charge in [-0.15, -0.1) is 0 Å². The Kier molecular flexibility index (Phi) is 6.50. The van der Waals surface area contributed by atoms with Crippen LogP contribution in [0.25, 0.3) is 0 Å². The van der Waals surface area contributed by atoms with Gasteiger partial charge in [0.05, 0.1) is 0 Å². The van der Waals surface area contributed by atoms with E-state index in [1.807, 2.05) is 4.90 Å². The van der Waals surface area contributed by atoms with E-state index in [2.05, 4.69) is 31.0 Å². The van der Waals surface area contributed by atoms with Crippen molar-refractivity contribution >= 4 is 6.09 Å². The molecule has 0 atom stereocenters. The van der Waals surface area contributed by atoms with Crippen LogP contribution >= 0.6 is 0 Å². The number of carbonyl (C=O) groups excluding carboxylic acids is 1. The molecule has 1 saturated heterocycles. The Morgan fingerprint density at radius 3 is 2.32 bits per heavy atom. The lowest BCUT2D eigenvalue weighted by molar-refractivity contribution is 0.0329. The Bertz CT molecular complexity index is 340. The highest BCUT2D eigenvalue weighted by molar-refractivity contribution is 5.68. The van der Waals surface area contributed by atoms with Gasteiger partial charge in [0.2, 0.25) is 0 Å². The molecular formula is C17H33N3O2. The number of rotatable bonds is 4. The van der Waals surface area contributed by atoms with Gasteiger partial charge in [-0.3, -0.25) is 4.90 Å². The maximum absolute atomic E-state index is 12.2. The first kappa shape index (κ1) is 17.5. The lowest BCUT2D eigenvalue weighted by atomic mass is 9.98. The van der Waals surface area contributed by atoms with Crippen molar-refractivity contribution in [3.8, 4) is 0 Å². The molecule has 1 N–H and O–H groups in total. The topological polar surface area (TPSA) is 44.8 Å². The number of amides is 1. The first-order valence-electron chi connectivity index (χ1n) is 8.87. The first-order chi connectivity index (χ1) is 10.4. The van der Waals surface area contributed by atoms with Crippen molar-refractivity contribution in [1.82, 2.24) is 15.1 Å². The van der Waals surface area contributed by atoms with Crippen LogP contribution in [0.1, 0.15) is 52.9 Å². The average molecular weight is 311 g/mol. The van der Waals surface area contributed by atoms with E-state index in [1.165, 1.54) is 19.3 Å². The van der Waals surface area contributed by atoms with Crippen molar-refractivity contribution in [3.63, 3.8) is 0 Å². The summed E-state index contributed by atoms with van der Waals surface area (Å²) in [5, 5.41) is 3.51. The largest absolute Gasteiger partial charge is 0.446 e. The maximum Gasteiger partial charge on any atom is 0.410 e. The predicted octanol–water partition coefficient (Wildman–Crippen LogP) is 2.46. The second kappa shape index (κ2) is 8.16. The molecule has 5 nitrogen and oxygen atoms in total. The molecule has 0 aromatic carbocycles. The zero-order valence-electron chi connectivity index (χ0n) is 14.6. The standard InChI is InChI=1S/C17H33N3O2/c1-17(2,3)18-9-10-19-11-13-20(14-12-19)16(21)22-15-7-5-4-6-8-15/h15,18H,4-14H2,1-3H3. The van der Waals surface area contributed by atoms with Gasteiger partial charge < -0.3 is 15.0 Å². The van der Waals surface area contributed by atoms with E-state index >= 15 is 0 Å². The van der Waals surface area contributed by atoms with Crippen LogP contribution in [0.15, 0.2) is 0 Å². The third-order valence-corrected chi connectivity index (χ3v) is 4.53. The molecule has 1 aliphatic carbocycles. The monoisotopic (exact) mass is 311 g/mol. The normalized spacial score (nSPS) is 21.9. The highest BCUT2D eigenvalue weighted by Crippen LogP contribution is 2.21. The fourth-order valence-corrected chi connectivity index (χ4v) is 3.14. The average Bonchev–Trinajstić information content (AvgIpc) is 2.47. The molecular weight excluding hydrogens is 278 g/mol. The Morgan fingerprint density at radius 1 is 1.09 bits per heavy atom. The summed E-state index contributed by atoms with van der Waals surface area (Å²) < 4.78 is 5.65. The van der Waals surface area contributed by atoms with Crippen LogP contribution in [0.4, 0.5) is 4.79 Å².